The standard InChI is InChI=1S/C27H36ClNO3/c1-2-32-25-14-10-23(11-15-25)27(30,22-6-4-3-5-7-22)26(20-29-16-18-31-19-17-29)21-8-12-24(28)13-9-21/h8-15,22,26,30H,2-7,16-20H2,1H3/t26-,27+/m1/s1. The highest BCUT2D eigenvalue weighted by atomic mass is 35.5. The lowest BCUT2D eigenvalue weighted by Gasteiger charge is -2.46. The second-order valence-corrected chi connectivity index (χ2v) is 9.57. The molecule has 2 aromatic rings. The monoisotopic (exact) mass is 457 g/mol. The van der Waals surface area contributed by atoms with E-state index in [9.17, 15) is 5.11 Å². The van der Waals surface area contributed by atoms with Gasteiger partial charge < -0.3 is 14.6 Å². The molecule has 4 rings (SSSR count). The SMILES string of the molecule is CCOc1ccc([C@@](O)(C2CCCCC2)[C@H](CN2CCOCC2)c2ccc(Cl)cc2)cc1. The van der Waals surface area contributed by atoms with Gasteiger partial charge in [-0.3, -0.25) is 4.90 Å². The van der Waals surface area contributed by atoms with Crippen LogP contribution in [0.2, 0.25) is 5.02 Å². The first-order chi connectivity index (χ1) is 15.6. The van der Waals surface area contributed by atoms with E-state index in [1.165, 1.54) is 19.3 Å². The van der Waals surface area contributed by atoms with Gasteiger partial charge in [-0.1, -0.05) is 55.1 Å². The van der Waals surface area contributed by atoms with Gasteiger partial charge in [0.15, 0.2) is 0 Å². The Labute approximate surface area is 197 Å². The van der Waals surface area contributed by atoms with Crippen molar-refractivity contribution in [1.82, 2.24) is 4.90 Å². The lowest BCUT2D eigenvalue weighted by atomic mass is 9.65. The van der Waals surface area contributed by atoms with Gasteiger partial charge in [-0.2, -0.15) is 0 Å². The molecule has 1 N–H and O–H groups in total. The number of halogens is 1. The van der Waals surface area contributed by atoms with E-state index in [1.54, 1.807) is 0 Å². The Kier molecular flexibility index (Phi) is 8.12. The van der Waals surface area contributed by atoms with Gasteiger partial charge in [-0.05, 0) is 61.1 Å². The zero-order valence-electron chi connectivity index (χ0n) is 19.1. The van der Waals surface area contributed by atoms with Gasteiger partial charge in [0, 0.05) is 30.6 Å². The molecule has 0 unspecified atom stereocenters. The topological polar surface area (TPSA) is 41.9 Å². The van der Waals surface area contributed by atoms with Crippen LogP contribution in [0, 0.1) is 5.92 Å². The molecule has 1 saturated carbocycles. The third kappa shape index (κ3) is 5.31. The molecule has 2 aromatic carbocycles. The van der Waals surface area contributed by atoms with Crippen molar-refractivity contribution >= 4 is 11.6 Å². The van der Waals surface area contributed by atoms with Crippen LogP contribution < -0.4 is 4.74 Å². The van der Waals surface area contributed by atoms with Crippen molar-refractivity contribution in [3.8, 4) is 5.75 Å². The van der Waals surface area contributed by atoms with Gasteiger partial charge >= 0.3 is 0 Å². The number of aliphatic hydroxyl groups is 1. The molecule has 1 heterocycles. The summed E-state index contributed by atoms with van der Waals surface area (Å²) in [4.78, 5) is 2.44. The second kappa shape index (κ2) is 11.0. The Balaban J connectivity index is 1.76. The van der Waals surface area contributed by atoms with Crippen LogP contribution >= 0.6 is 11.6 Å². The summed E-state index contributed by atoms with van der Waals surface area (Å²) >= 11 is 6.23. The lowest BCUT2D eigenvalue weighted by Crippen LogP contribution is -2.48. The van der Waals surface area contributed by atoms with Gasteiger partial charge in [-0.25, -0.2) is 0 Å². The Hall–Kier alpha value is -1.59. The third-order valence-corrected chi connectivity index (χ3v) is 7.46. The number of nitrogens with zero attached hydrogens (tertiary/aromatic N) is 1. The third-order valence-electron chi connectivity index (χ3n) is 7.20. The molecule has 32 heavy (non-hydrogen) atoms. The van der Waals surface area contributed by atoms with Crippen LogP contribution in [0.25, 0.3) is 0 Å². The smallest absolute Gasteiger partial charge is 0.119 e. The summed E-state index contributed by atoms with van der Waals surface area (Å²) in [7, 11) is 0. The van der Waals surface area contributed by atoms with Crippen LogP contribution in [0.3, 0.4) is 0 Å². The van der Waals surface area contributed by atoms with Gasteiger partial charge in [0.2, 0.25) is 0 Å². The molecule has 1 saturated heterocycles. The van der Waals surface area contributed by atoms with E-state index in [1.807, 2.05) is 31.2 Å². The highest BCUT2D eigenvalue weighted by molar-refractivity contribution is 6.30. The zero-order valence-corrected chi connectivity index (χ0v) is 19.9. The van der Waals surface area contributed by atoms with E-state index >= 15 is 0 Å². The molecule has 2 atom stereocenters. The van der Waals surface area contributed by atoms with Crippen molar-refractivity contribution in [3.05, 3.63) is 64.7 Å². The maximum Gasteiger partial charge on any atom is 0.119 e. The number of rotatable bonds is 8. The van der Waals surface area contributed by atoms with Gasteiger partial charge in [0.05, 0.1) is 19.8 Å². The van der Waals surface area contributed by atoms with Crippen molar-refractivity contribution < 1.29 is 14.6 Å². The molecule has 0 radical (unpaired) electrons. The fourth-order valence-electron chi connectivity index (χ4n) is 5.48. The fraction of sp³-hybridized carbons (Fsp3) is 0.556. The van der Waals surface area contributed by atoms with E-state index in [0.717, 1.165) is 67.6 Å². The molecule has 1 aliphatic heterocycles. The van der Waals surface area contributed by atoms with Crippen molar-refractivity contribution in [2.24, 2.45) is 5.92 Å². The van der Waals surface area contributed by atoms with Gasteiger partial charge in [0.1, 0.15) is 11.4 Å². The van der Waals surface area contributed by atoms with Crippen LogP contribution in [0.5, 0.6) is 5.75 Å². The summed E-state index contributed by atoms with van der Waals surface area (Å²) < 4.78 is 11.3. The Morgan fingerprint density at radius 3 is 2.31 bits per heavy atom. The first-order valence-electron chi connectivity index (χ1n) is 12.1. The minimum absolute atomic E-state index is 0.0566. The minimum Gasteiger partial charge on any atom is -0.494 e. The van der Waals surface area contributed by atoms with Gasteiger partial charge in [0.25, 0.3) is 0 Å². The van der Waals surface area contributed by atoms with E-state index in [0.29, 0.717) is 6.61 Å². The summed E-state index contributed by atoms with van der Waals surface area (Å²) in [5.74, 6) is 1.01. The van der Waals surface area contributed by atoms with Crippen LogP contribution in [0.4, 0.5) is 0 Å². The largest absolute Gasteiger partial charge is 0.494 e. The molecule has 2 aliphatic rings. The molecule has 2 fully saturated rings. The predicted octanol–water partition coefficient (Wildman–Crippen LogP) is 5.62. The van der Waals surface area contributed by atoms with Crippen LogP contribution in [0.15, 0.2) is 48.5 Å². The number of ether oxygens (including phenoxy) is 2. The molecular formula is C27H36ClNO3. The maximum atomic E-state index is 12.7. The fourth-order valence-corrected chi connectivity index (χ4v) is 5.61. The van der Waals surface area contributed by atoms with E-state index in [4.69, 9.17) is 21.1 Å². The minimum atomic E-state index is -0.961. The first kappa shape index (κ1) is 23.6. The predicted molar refractivity (Wildman–Crippen MR) is 130 cm³/mol. The average molecular weight is 458 g/mol. The van der Waals surface area contributed by atoms with E-state index in [-0.39, 0.29) is 11.8 Å². The first-order valence-corrected chi connectivity index (χ1v) is 12.5. The van der Waals surface area contributed by atoms with Crippen LogP contribution in [0.1, 0.15) is 56.1 Å². The highest BCUT2D eigenvalue weighted by Crippen LogP contribution is 2.49. The molecular weight excluding hydrogens is 422 g/mol. The molecule has 0 bridgehead atoms. The van der Waals surface area contributed by atoms with Crippen molar-refractivity contribution in [2.75, 3.05) is 39.5 Å². The Bertz CT molecular complexity index is 829. The highest BCUT2D eigenvalue weighted by Gasteiger charge is 2.46. The number of hydrogen-bond donors (Lipinski definition) is 1. The van der Waals surface area contributed by atoms with E-state index < -0.39 is 5.60 Å². The number of benzene rings is 2. The van der Waals surface area contributed by atoms with E-state index in [2.05, 4.69) is 29.2 Å². The number of hydrogen-bond acceptors (Lipinski definition) is 4. The summed E-state index contributed by atoms with van der Waals surface area (Å²) in [6.45, 7) is 6.71. The van der Waals surface area contributed by atoms with Crippen molar-refractivity contribution in [3.63, 3.8) is 0 Å². The molecule has 1 aliphatic carbocycles. The lowest BCUT2D eigenvalue weighted by molar-refractivity contribution is -0.0758. The maximum absolute atomic E-state index is 12.7. The molecule has 5 heteroatoms. The Morgan fingerprint density at radius 2 is 1.69 bits per heavy atom. The number of morpholine rings is 1. The molecule has 174 valence electrons. The summed E-state index contributed by atoms with van der Waals surface area (Å²) in [5, 5.41) is 13.4. The molecule has 0 spiro atoms. The molecule has 4 nitrogen and oxygen atoms in total. The normalized spacial score (nSPS) is 21.1. The summed E-state index contributed by atoms with van der Waals surface area (Å²) in [6.07, 6.45) is 5.71. The summed E-state index contributed by atoms with van der Waals surface area (Å²) in [6, 6.07) is 16.2. The Morgan fingerprint density at radius 1 is 1.03 bits per heavy atom. The average Bonchev–Trinajstić information content (AvgIpc) is 2.85. The summed E-state index contributed by atoms with van der Waals surface area (Å²) in [5.41, 5.74) is 1.17. The zero-order chi connectivity index (χ0) is 22.4. The molecule has 0 aromatic heterocycles. The second-order valence-electron chi connectivity index (χ2n) is 9.13. The van der Waals surface area contributed by atoms with Gasteiger partial charge in [-0.15, -0.1) is 0 Å². The quantitative estimate of drug-likeness (QED) is 0.558. The van der Waals surface area contributed by atoms with Crippen LogP contribution in [-0.2, 0) is 10.3 Å². The van der Waals surface area contributed by atoms with Crippen molar-refractivity contribution in [1.29, 1.82) is 0 Å². The van der Waals surface area contributed by atoms with Crippen molar-refractivity contribution in [2.45, 2.75) is 50.5 Å². The molecule has 0 amide bonds. The van der Waals surface area contributed by atoms with Crippen LogP contribution in [-0.4, -0.2) is 49.5 Å².